The SMILES string of the molecule is CCCCN1C(=O)C(O)(CC(=O)c2ccc(C(C)(C)C)cc2)c2cc(Br)ccc21. The van der Waals surface area contributed by atoms with Crippen molar-refractivity contribution in [3.05, 3.63) is 63.6 Å². The number of anilines is 1. The van der Waals surface area contributed by atoms with Crippen molar-refractivity contribution < 1.29 is 14.7 Å². The number of ketones is 1. The molecule has 0 aromatic heterocycles. The van der Waals surface area contributed by atoms with E-state index >= 15 is 0 Å². The second kappa shape index (κ2) is 8.04. The molecule has 1 N–H and O–H groups in total. The monoisotopic (exact) mass is 457 g/mol. The lowest BCUT2D eigenvalue weighted by Crippen LogP contribution is -2.42. The van der Waals surface area contributed by atoms with Gasteiger partial charge in [-0.15, -0.1) is 0 Å². The molecule has 1 aliphatic rings. The van der Waals surface area contributed by atoms with Crippen LogP contribution in [0.25, 0.3) is 0 Å². The number of benzene rings is 2. The Kier molecular flexibility index (Phi) is 6.02. The lowest BCUT2D eigenvalue weighted by Gasteiger charge is -2.23. The number of rotatable bonds is 6. The summed E-state index contributed by atoms with van der Waals surface area (Å²) in [5.41, 5.74) is 0.962. The first-order chi connectivity index (χ1) is 13.6. The van der Waals surface area contributed by atoms with Gasteiger partial charge < -0.3 is 10.0 Å². The third-order valence-electron chi connectivity index (χ3n) is 5.52. The van der Waals surface area contributed by atoms with Gasteiger partial charge in [-0.25, -0.2) is 0 Å². The van der Waals surface area contributed by atoms with Gasteiger partial charge in [0.25, 0.3) is 5.91 Å². The molecule has 1 aliphatic heterocycles. The molecule has 1 atom stereocenters. The van der Waals surface area contributed by atoms with E-state index in [0.29, 0.717) is 23.4 Å². The summed E-state index contributed by atoms with van der Waals surface area (Å²) >= 11 is 3.42. The van der Waals surface area contributed by atoms with Crippen LogP contribution in [0.15, 0.2) is 46.9 Å². The summed E-state index contributed by atoms with van der Waals surface area (Å²) in [5.74, 6) is -0.664. The number of carbonyl (C=O) groups excluding carboxylic acids is 2. The summed E-state index contributed by atoms with van der Waals surface area (Å²) in [6.45, 7) is 8.93. The molecule has 0 aliphatic carbocycles. The van der Waals surface area contributed by atoms with Crippen LogP contribution in [0.1, 0.15) is 68.4 Å². The highest BCUT2D eigenvalue weighted by Crippen LogP contribution is 2.44. The largest absolute Gasteiger partial charge is 0.375 e. The molecule has 1 amide bonds. The molecule has 0 radical (unpaired) electrons. The van der Waals surface area contributed by atoms with Gasteiger partial charge in [-0.05, 0) is 35.6 Å². The molecule has 1 unspecified atom stereocenters. The minimum Gasteiger partial charge on any atom is -0.375 e. The van der Waals surface area contributed by atoms with Gasteiger partial charge in [0.05, 0.1) is 12.1 Å². The van der Waals surface area contributed by atoms with Crippen LogP contribution in [0.5, 0.6) is 0 Å². The van der Waals surface area contributed by atoms with E-state index in [-0.39, 0.29) is 17.6 Å². The van der Waals surface area contributed by atoms with E-state index in [1.807, 2.05) is 24.3 Å². The number of fused-ring (bicyclic) bond motifs is 1. The van der Waals surface area contributed by atoms with Crippen molar-refractivity contribution in [1.82, 2.24) is 0 Å². The van der Waals surface area contributed by atoms with Crippen molar-refractivity contribution >= 4 is 33.3 Å². The molecule has 0 spiro atoms. The fourth-order valence-corrected chi connectivity index (χ4v) is 4.08. The van der Waals surface area contributed by atoms with Gasteiger partial charge in [0.15, 0.2) is 11.4 Å². The molecule has 3 rings (SSSR count). The molecule has 154 valence electrons. The number of Topliss-reactive ketones (excluding diaryl/α,β-unsaturated/α-hetero) is 1. The fraction of sp³-hybridized carbons (Fsp3) is 0.417. The standard InChI is InChI=1S/C24H28BrNO3/c1-5-6-13-26-20-12-11-18(25)14-19(20)24(29,22(26)28)15-21(27)16-7-9-17(10-8-16)23(2,3)4/h7-12,14,29H,5-6,13,15H2,1-4H3. The Morgan fingerprint density at radius 3 is 2.38 bits per heavy atom. The number of unbranched alkanes of at least 4 members (excludes halogenated alkanes) is 1. The van der Waals surface area contributed by atoms with Crippen LogP contribution in [0, 0.1) is 0 Å². The van der Waals surface area contributed by atoms with Crippen LogP contribution in [-0.2, 0) is 15.8 Å². The predicted molar refractivity (Wildman–Crippen MR) is 119 cm³/mol. The summed E-state index contributed by atoms with van der Waals surface area (Å²) in [6.07, 6.45) is 1.50. The van der Waals surface area contributed by atoms with Crippen LogP contribution < -0.4 is 4.90 Å². The third-order valence-corrected chi connectivity index (χ3v) is 6.01. The zero-order valence-corrected chi connectivity index (χ0v) is 19.0. The van der Waals surface area contributed by atoms with Crippen LogP contribution >= 0.6 is 15.9 Å². The van der Waals surface area contributed by atoms with Crippen molar-refractivity contribution in [3.8, 4) is 0 Å². The second-order valence-electron chi connectivity index (χ2n) is 8.76. The topological polar surface area (TPSA) is 57.6 Å². The van der Waals surface area contributed by atoms with Gasteiger partial charge in [0.1, 0.15) is 0 Å². The summed E-state index contributed by atoms with van der Waals surface area (Å²) in [5, 5.41) is 11.4. The molecule has 0 saturated carbocycles. The van der Waals surface area contributed by atoms with Crippen molar-refractivity contribution in [1.29, 1.82) is 0 Å². The quantitative estimate of drug-likeness (QED) is 0.594. The number of amides is 1. The highest BCUT2D eigenvalue weighted by Gasteiger charge is 2.50. The second-order valence-corrected chi connectivity index (χ2v) is 9.68. The van der Waals surface area contributed by atoms with Crippen LogP contribution in [-0.4, -0.2) is 23.3 Å². The van der Waals surface area contributed by atoms with Gasteiger partial charge in [-0.2, -0.15) is 0 Å². The smallest absolute Gasteiger partial charge is 0.264 e. The summed E-state index contributed by atoms with van der Waals surface area (Å²) in [4.78, 5) is 27.8. The van der Waals surface area contributed by atoms with Gasteiger partial charge >= 0.3 is 0 Å². The highest BCUT2D eigenvalue weighted by molar-refractivity contribution is 9.10. The minimum atomic E-state index is -1.84. The van der Waals surface area contributed by atoms with E-state index in [2.05, 4.69) is 43.6 Å². The third kappa shape index (κ3) is 4.17. The number of hydrogen-bond donors (Lipinski definition) is 1. The Morgan fingerprint density at radius 2 is 1.79 bits per heavy atom. The lowest BCUT2D eigenvalue weighted by molar-refractivity contribution is -0.135. The zero-order chi connectivity index (χ0) is 21.4. The van der Waals surface area contributed by atoms with Crippen molar-refractivity contribution in [2.45, 2.75) is 58.0 Å². The van der Waals surface area contributed by atoms with E-state index in [1.54, 1.807) is 23.1 Å². The average molecular weight is 458 g/mol. The number of carbonyl (C=O) groups is 2. The maximum atomic E-state index is 13.2. The normalized spacial score (nSPS) is 18.8. The average Bonchev–Trinajstić information content (AvgIpc) is 2.86. The van der Waals surface area contributed by atoms with E-state index in [1.165, 1.54) is 0 Å². The summed E-state index contributed by atoms with van der Waals surface area (Å²) in [7, 11) is 0. The summed E-state index contributed by atoms with van der Waals surface area (Å²) < 4.78 is 0.766. The van der Waals surface area contributed by atoms with Gasteiger partial charge in [-0.3, -0.25) is 9.59 Å². The van der Waals surface area contributed by atoms with E-state index in [9.17, 15) is 14.7 Å². The Labute approximate surface area is 181 Å². The zero-order valence-electron chi connectivity index (χ0n) is 17.5. The number of halogens is 1. The molecular weight excluding hydrogens is 430 g/mol. The number of nitrogens with zero attached hydrogens (tertiary/aromatic N) is 1. The molecule has 29 heavy (non-hydrogen) atoms. The number of aliphatic hydroxyl groups is 1. The Bertz CT molecular complexity index is 930. The maximum Gasteiger partial charge on any atom is 0.264 e. The molecule has 2 aromatic carbocycles. The Hall–Kier alpha value is -1.98. The number of hydrogen-bond acceptors (Lipinski definition) is 3. The van der Waals surface area contributed by atoms with E-state index in [4.69, 9.17) is 0 Å². The lowest BCUT2D eigenvalue weighted by atomic mass is 9.85. The van der Waals surface area contributed by atoms with Crippen molar-refractivity contribution in [2.75, 3.05) is 11.4 Å². The van der Waals surface area contributed by atoms with Gasteiger partial charge in [-0.1, -0.05) is 74.3 Å². The molecule has 0 saturated heterocycles. The highest BCUT2D eigenvalue weighted by atomic mass is 79.9. The fourth-order valence-electron chi connectivity index (χ4n) is 3.72. The maximum absolute atomic E-state index is 13.2. The minimum absolute atomic E-state index is 0.00774. The Morgan fingerprint density at radius 1 is 1.14 bits per heavy atom. The van der Waals surface area contributed by atoms with E-state index < -0.39 is 11.5 Å². The molecule has 2 aromatic rings. The van der Waals surface area contributed by atoms with Gasteiger partial charge in [0, 0.05) is 22.1 Å². The van der Waals surface area contributed by atoms with Crippen LogP contribution in [0.3, 0.4) is 0 Å². The van der Waals surface area contributed by atoms with E-state index in [0.717, 1.165) is 22.9 Å². The predicted octanol–water partition coefficient (Wildman–Crippen LogP) is 5.35. The summed E-state index contributed by atoms with van der Waals surface area (Å²) in [6, 6.07) is 12.9. The first-order valence-electron chi connectivity index (χ1n) is 10.1. The molecular formula is C24H28BrNO3. The molecule has 0 bridgehead atoms. The first kappa shape index (κ1) is 21.7. The molecule has 4 nitrogen and oxygen atoms in total. The van der Waals surface area contributed by atoms with Crippen LogP contribution in [0.2, 0.25) is 0 Å². The van der Waals surface area contributed by atoms with Crippen LogP contribution in [0.4, 0.5) is 5.69 Å². The first-order valence-corrected chi connectivity index (χ1v) is 10.9. The van der Waals surface area contributed by atoms with Gasteiger partial charge in [0.2, 0.25) is 0 Å². The molecule has 1 heterocycles. The molecule has 5 heteroatoms. The molecule has 0 fully saturated rings. The Balaban J connectivity index is 1.92. The van der Waals surface area contributed by atoms with Crippen molar-refractivity contribution in [2.24, 2.45) is 0 Å². The van der Waals surface area contributed by atoms with Crippen molar-refractivity contribution in [3.63, 3.8) is 0 Å².